The molecule has 1 N–H and O–H groups in total. The van der Waals surface area contributed by atoms with Crippen LogP contribution in [0.5, 0.6) is 0 Å². The first-order valence-corrected chi connectivity index (χ1v) is 8.14. The Morgan fingerprint density at radius 1 is 1.39 bits per heavy atom. The molecule has 128 valence electrons. The van der Waals surface area contributed by atoms with Crippen molar-refractivity contribution in [3.8, 4) is 0 Å². The predicted octanol–water partition coefficient (Wildman–Crippen LogP) is 2.85. The molecule has 0 spiro atoms. The van der Waals surface area contributed by atoms with Gasteiger partial charge in [0, 0.05) is 13.1 Å². The molecular weight excluding hydrogens is 320 g/mol. The molecule has 0 aromatic carbocycles. The minimum absolute atomic E-state index is 0.0720. The fourth-order valence-corrected chi connectivity index (χ4v) is 3.62. The second kappa shape index (κ2) is 6.07. The SMILES string of the molecule is Cc1nc(SC2(CC(=O)O)CN(C(=O)OC(C)(C)C)C2)oc1C. The number of carbonyl (C=O) groups excluding carboxylic acids is 1. The molecule has 7 nitrogen and oxygen atoms in total. The van der Waals surface area contributed by atoms with Crippen molar-refractivity contribution in [3.05, 3.63) is 11.5 Å². The van der Waals surface area contributed by atoms with Crippen molar-refractivity contribution < 1.29 is 23.8 Å². The lowest BCUT2D eigenvalue weighted by Crippen LogP contribution is -2.62. The highest BCUT2D eigenvalue weighted by Gasteiger charge is 2.50. The van der Waals surface area contributed by atoms with Gasteiger partial charge in [0.2, 0.25) is 0 Å². The summed E-state index contributed by atoms with van der Waals surface area (Å²) >= 11 is 1.27. The highest BCUT2D eigenvalue weighted by molar-refractivity contribution is 8.00. The first-order chi connectivity index (χ1) is 10.5. The van der Waals surface area contributed by atoms with Crippen LogP contribution in [0.1, 0.15) is 38.6 Å². The number of carboxylic acid groups (broad SMARTS) is 1. The van der Waals surface area contributed by atoms with Gasteiger partial charge in [0.15, 0.2) is 0 Å². The maximum atomic E-state index is 12.0. The summed E-state index contributed by atoms with van der Waals surface area (Å²) in [6.07, 6.45) is -0.504. The van der Waals surface area contributed by atoms with Gasteiger partial charge in [-0.3, -0.25) is 4.79 Å². The van der Waals surface area contributed by atoms with Gasteiger partial charge in [0.1, 0.15) is 11.4 Å². The number of hydrogen-bond acceptors (Lipinski definition) is 6. The molecule has 1 fully saturated rings. The Morgan fingerprint density at radius 3 is 2.43 bits per heavy atom. The lowest BCUT2D eigenvalue weighted by atomic mass is 9.95. The third-order valence-corrected chi connectivity index (χ3v) is 4.58. The molecule has 2 rings (SSSR count). The summed E-state index contributed by atoms with van der Waals surface area (Å²) in [6.45, 7) is 9.61. The van der Waals surface area contributed by atoms with Crippen molar-refractivity contribution in [2.45, 2.75) is 56.6 Å². The summed E-state index contributed by atoms with van der Waals surface area (Å²) in [5.74, 6) is -0.206. The van der Waals surface area contributed by atoms with Gasteiger partial charge in [-0.1, -0.05) is 11.8 Å². The molecule has 23 heavy (non-hydrogen) atoms. The Hall–Kier alpha value is -1.70. The van der Waals surface area contributed by atoms with Crippen LogP contribution in [0, 0.1) is 13.8 Å². The summed E-state index contributed by atoms with van der Waals surface area (Å²) in [5.41, 5.74) is 0.202. The summed E-state index contributed by atoms with van der Waals surface area (Å²) in [5, 5.41) is 9.60. The molecule has 1 aromatic heterocycles. The van der Waals surface area contributed by atoms with Crippen LogP contribution in [0.25, 0.3) is 0 Å². The average molecular weight is 342 g/mol. The summed E-state index contributed by atoms with van der Waals surface area (Å²) in [7, 11) is 0. The van der Waals surface area contributed by atoms with E-state index in [-0.39, 0.29) is 6.42 Å². The van der Waals surface area contributed by atoms with Crippen molar-refractivity contribution in [2.24, 2.45) is 0 Å². The zero-order valence-corrected chi connectivity index (χ0v) is 14.8. The van der Waals surface area contributed by atoms with Crippen LogP contribution in [0.4, 0.5) is 4.79 Å². The van der Waals surface area contributed by atoms with Crippen LogP contribution < -0.4 is 0 Å². The monoisotopic (exact) mass is 342 g/mol. The lowest BCUT2D eigenvalue weighted by molar-refractivity contribution is -0.138. The Bertz CT molecular complexity index is 594. The van der Waals surface area contributed by atoms with E-state index in [0.29, 0.717) is 24.1 Å². The van der Waals surface area contributed by atoms with Crippen molar-refractivity contribution in [1.82, 2.24) is 9.88 Å². The Kier molecular flexibility index (Phi) is 4.66. The van der Waals surface area contributed by atoms with Crippen LogP contribution >= 0.6 is 11.8 Å². The van der Waals surface area contributed by atoms with E-state index < -0.39 is 22.4 Å². The third-order valence-electron chi connectivity index (χ3n) is 3.40. The number of likely N-dealkylation sites (tertiary alicyclic amines) is 1. The van der Waals surface area contributed by atoms with Crippen LogP contribution in [-0.4, -0.2) is 50.5 Å². The van der Waals surface area contributed by atoms with E-state index in [4.69, 9.17) is 14.3 Å². The molecule has 0 bridgehead atoms. The molecule has 8 heteroatoms. The number of ether oxygens (including phenoxy) is 1. The number of hydrogen-bond donors (Lipinski definition) is 1. The van der Waals surface area contributed by atoms with Gasteiger partial charge in [0.25, 0.3) is 5.22 Å². The molecule has 1 aromatic rings. The van der Waals surface area contributed by atoms with Gasteiger partial charge >= 0.3 is 12.1 Å². The number of aromatic nitrogens is 1. The van der Waals surface area contributed by atoms with Crippen molar-refractivity contribution in [1.29, 1.82) is 0 Å². The quantitative estimate of drug-likeness (QED) is 0.899. The molecule has 0 saturated carbocycles. The molecular formula is C15H22N2O5S. The number of carbonyl (C=O) groups is 2. The number of carboxylic acids is 1. The topological polar surface area (TPSA) is 92.9 Å². The minimum atomic E-state index is -0.915. The predicted molar refractivity (Wildman–Crippen MR) is 84.6 cm³/mol. The van der Waals surface area contributed by atoms with E-state index in [2.05, 4.69) is 4.98 Å². The maximum absolute atomic E-state index is 12.0. The van der Waals surface area contributed by atoms with Gasteiger partial charge in [0.05, 0.1) is 16.9 Å². The van der Waals surface area contributed by atoms with Crippen molar-refractivity contribution >= 4 is 23.8 Å². The van der Waals surface area contributed by atoms with Crippen molar-refractivity contribution in [3.63, 3.8) is 0 Å². The average Bonchev–Trinajstić information content (AvgIpc) is 2.61. The van der Waals surface area contributed by atoms with E-state index in [1.54, 1.807) is 20.8 Å². The zero-order valence-electron chi connectivity index (χ0n) is 14.0. The first kappa shape index (κ1) is 17.7. The number of thioether (sulfide) groups is 1. The normalized spacial score (nSPS) is 16.8. The molecule has 1 amide bonds. The van der Waals surface area contributed by atoms with Crippen LogP contribution in [-0.2, 0) is 9.53 Å². The summed E-state index contributed by atoms with van der Waals surface area (Å²) in [6, 6.07) is 0. The van der Waals surface area contributed by atoms with E-state index in [0.717, 1.165) is 5.69 Å². The fraction of sp³-hybridized carbons (Fsp3) is 0.667. The Morgan fingerprint density at radius 2 is 2.00 bits per heavy atom. The number of rotatable bonds is 4. The number of oxazole rings is 1. The van der Waals surface area contributed by atoms with Gasteiger partial charge in [-0.05, 0) is 34.6 Å². The van der Waals surface area contributed by atoms with Crippen LogP contribution in [0.15, 0.2) is 9.64 Å². The molecule has 0 unspecified atom stereocenters. The Balaban J connectivity index is 2.05. The highest BCUT2D eigenvalue weighted by Crippen LogP contribution is 2.43. The largest absolute Gasteiger partial charge is 0.481 e. The third kappa shape index (κ3) is 4.40. The van der Waals surface area contributed by atoms with E-state index in [9.17, 15) is 9.59 Å². The van der Waals surface area contributed by atoms with Gasteiger partial charge < -0.3 is 19.2 Å². The van der Waals surface area contributed by atoms with Gasteiger partial charge in [-0.25, -0.2) is 9.78 Å². The van der Waals surface area contributed by atoms with E-state index >= 15 is 0 Å². The van der Waals surface area contributed by atoms with Gasteiger partial charge in [-0.2, -0.15) is 0 Å². The maximum Gasteiger partial charge on any atom is 0.410 e. The molecule has 0 aliphatic carbocycles. The minimum Gasteiger partial charge on any atom is -0.481 e. The highest BCUT2D eigenvalue weighted by atomic mass is 32.2. The number of amides is 1. The number of aryl methyl sites for hydroxylation is 2. The van der Waals surface area contributed by atoms with Crippen LogP contribution in [0.3, 0.4) is 0 Å². The second-order valence-electron chi connectivity index (χ2n) is 6.81. The van der Waals surface area contributed by atoms with E-state index in [1.165, 1.54) is 16.7 Å². The number of aliphatic carboxylic acids is 1. The zero-order chi connectivity index (χ0) is 17.4. The first-order valence-electron chi connectivity index (χ1n) is 7.32. The molecule has 2 heterocycles. The molecule has 1 saturated heterocycles. The lowest BCUT2D eigenvalue weighted by Gasteiger charge is -2.47. The number of nitrogens with zero attached hydrogens (tertiary/aromatic N) is 2. The van der Waals surface area contributed by atoms with E-state index in [1.807, 2.05) is 13.8 Å². The van der Waals surface area contributed by atoms with Crippen LogP contribution in [0.2, 0.25) is 0 Å². The summed E-state index contributed by atoms with van der Waals surface area (Å²) in [4.78, 5) is 29.0. The fourth-order valence-electron chi connectivity index (χ4n) is 2.27. The van der Waals surface area contributed by atoms with Crippen molar-refractivity contribution in [2.75, 3.05) is 13.1 Å². The standard InChI is InChI=1S/C15H22N2O5S/c1-9-10(2)21-12(16-9)23-15(6-11(18)19)7-17(8-15)13(20)22-14(3,4)5/h6-8H2,1-5H3,(H,18,19). The second-order valence-corrected chi connectivity index (χ2v) is 8.23. The smallest absolute Gasteiger partial charge is 0.410 e. The molecule has 1 aliphatic heterocycles. The molecule has 0 atom stereocenters. The summed E-state index contributed by atoms with van der Waals surface area (Å²) < 4.78 is 10.2. The Labute approximate surface area is 139 Å². The molecule has 0 radical (unpaired) electrons. The van der Waals surface area contributed by atoms with Gasteiger partial charge in [-0.15, -0.1) is 0 Å². The molecule has 1 aliphatic rings.